The molecule has 0 amide bonds. The number of fused-ring (bicyclic) bond motifs is 1. The monoisotopic (exact) mass is 280 g/mol. The average molecular weight is 280 g/mol. The van der Waals surface area contributed by atoms with Gasteiger partial charge in [0.1, 0.15) is 0 Å². The molecule has 2 aromatic carbocycles. The molecule has 1 heterocycles. The minimum Gasteiger partial charge on any atom is -0.294 e. The Morgan fingerprint density at radius 2 is 1.80 bits per heavy atom. The first kappa shape index (κ1) is 12.2. The summed E-state index contributed by atoms with van der Waals surface area (Å²) < 4.78 is 0. The molecule has 100 valence electrons. The summed E-state index contributed by atoms with van der Waals surface area (Å²) in [6.07, 6.45) is 1.66. The van der Waals surface area contributed by atoms with Gasteiger partial charge in [-0.1, -0.05) is 55.9 Å². The van der Waals surface area contributed by atoms with Crippen LogP contribution in [0.3, 0.4) is 0 Å². The zero-order valence-corrected chi connectivity index (χ0v) is 12.5. The maximum atomic E-state index is 12.6. The van der Waals surface area contributed by atoms with Gasteiger partial charge < -0.3 is 0 Å². The van der Waals surface area contributed by atoms with E-state index in [1.54, 1.807) is 11.8 Å². The number of ketones is 1. The SMILES string of the molecule is CC1(C)CC(=O)C2=C(C1)Sc1cccc3cccc2c13. The van der Waals surface area contributed by atoms with E-state index in [0.717, 1.165) is 17.6 Å². The highest BCUT2D eigenvalue weighted by atomic mass is 32.2. The Hall–Kier alpha value is -1.54. The van der Waals surface area contributed by atoms with Crippen LogP contribution in [0, 0.1) is 5.41 Å². The molecule has 0 fully saturated rings. The lowest BCUT2D eigenvalue weighted by atomic mass is 9.75. The second-order valence-electron chi connectivity index (χ2n) is 6.50. The smallest absolute Gasteiger partial charge is 0.164 e. The van der Waals surface area contributed by atoms with E-state index in [1.165, 1.54) is 20.6 Å². The lowest BCUT2D eigenvalue weighted by Crippen LogP contribution is -2.25. The van der Waals surface area contributed by atoms with Gasteiger partial charge in [0.2, 0.25) is 0 Å². The van der Waals surface area contributed by atoms with Crippen molar-refractivity contribution in [1.29, 1.82) is 0 Å². The fourth-order valence-corrected chi connectivity index (χ4v) is 4.91. The van der Waals surface area contributed by atoms with Gasteiger partial charge in [-0.2, -0.15) is 0 Å². The highest BCUT2D eigenvalue weighted by molar-refractivity contribution is 8.03. The van der Waals surface area contributed by atoms with Crippen molar-refractivity contribution in [2.24, 2.45) is 5.41 Å². The Bertz CT molecular complexity index is 778. The molecule has 0 N–H and O–H groups in total. The van der Waals surface area contributed by atoms with Gasteiger partial charge >= 0.3 is 0 Å². The zero-order valence-electron chi connectivity index (χ0n) is 11.7. The van der Waals surface area contributed by atoms with E-state index in [0.29, 0.717) is 12.2 Å². The third kappa shape index (κ3) is 1.68. The highest BCUT2D eigenvalue weighted by Gasteiger charge is 2.36. The van der Waals surface area contributed by atoms with Gasteiger partial charge in [0, 0.05) is 27.2 Å². The number of Topliss-reactive ketones (excluding diaryl/α,β-unsaturated/α-hetero) is 1. The van der Waals surface area contributed by atoms with E-state index in [2.05, 4.69) is 50.2 Å². The van der Waals surface area contributed by atoms with Crippen molar-refractivity contribution in [3.63, 3.8) is 0 Å². The van der Waals surface area contributed by atoms with Gasteiger partial charge in [0.05, 0.1) is 0 Å². The molecule has 0 unspecified atom stereocenters. The average Bonchev–Trinajstić information content (AvgIpc) is 2.37. The Morgan fingerprint density at radius 3 is 2.60 bits per heavy atom. The minimum atomic E-state index is 0.0864. The minimum absolute atomic E-state index is 0.0864. The van der Waals surface area contributed by atoms with Gasteiger partial charge in [-0.3, -0.25) is 4.79 Å². The topological polar surface area (TPSA) is 17.1 Å². The summed E-state index contributed by atoms with van der Waals surface area (Å²) in [6, 6.07) is 12.7. The van der Waals surface area contributed by atoms with Gasteiger partial charge in [0.25, 0.3) is 0 Å². The molecular weight excluding hydrogens is 264 g/mol. The van der Waals surface area contributed by atoms with Gasteiger partial charge in [-0.15, -0.1) is 0 Å². The molecule has 0 aromatic heterocycles. The quantitative estimate of drug-likeness (QED) is 0.672. The van der Waals surface area contributed by atoms with Crippen molar-refractivity contribution in [2.45, 2.75) is 31.6 Å². The Balaban J connectivity index is 2.04. The van der Waals surface area contributed by atoms with Crippen LogP contribution in [0.5, 0.6) is 0 Å². The predicted octanol–water partition coefficient (Wildman–Crippen LogP) is 5.05. The summed E-state index contributed by atoms with van der Waals surface area (Å²) in [5, 5.41) is 2.49. The third-order valence-corrected chi connectivity index (χ3v) is 5.36. The second-order valence-corrected chi connectivity index (χ2v) is 7.64. The third-order valence-electron chi connectivity index (χ3n) is 4.20. The molecule has 2 aliphatic rings. The number of rotatable bonds is 0. The molecule has 1 aliphatic carbocycles. The van der Waals surface area contributed by atoms with Crippen LogP contribution in [0.25, 0.3) is 16.3 Å². The van der Waals surface area contributed by atoms with Crippen molar-refractivity contribution < 1.29 is 4.79 Å². The first-order chi connectivity index (χ1) is 9.55. The molecule has 0 spiro atoms. The number of allylic oxidation sites excluding steroid dienone is 2. The number of hydrogen-bond donors (Lipinski definition) is 0. The maximum absolute atomic E-state index is 12.6. The molecule has 0 radical (unpaired) electrons. The van der Waals surface area contributed by atoms with Crippen LogP contribution in [0.15, 0.2) is 46.2 Å². The van der Waals surface area contributed by atoms with Crippen LogP contribution in [0.4, 0.5) is 0 Å². The van der Waals surface area contributed by atoms with E-state index in [9.17, 15) is 4.79 Å². The van der Waals surface area contributed by atoms with Crippen molar-refractivity contribution in [1.82, 2.24) is 0 Å². The van der Waals surface area contributed by atoms with Crippen molar-refractivity contribution in [3.05, 3.63) is 46.9 Å². The predicted molar refractivity (Wildman–Crippen MR) is 84.7 cm³/mol. The van der Waals surface area contributed by atoms with E-state index in [4.69, 9.17) is 0 Å². The van der Waals surface area contributed by atoms with Crippen LogP contribution in [0.2, 0.25) is 0 Å². The summed E-state index contributed by atoms with van der Waals surface area (Å²) in [5.74, 6) is 0.311. The first-order valence-corrected chi connectivity index (χ1v) is 7.83. The number of benzene rings is 2. The fraction of sp³-hybridized carbons (Fsp3) is 0.278. The molecule has 0 atom stereocenters. The molecule has 0 saturated carbocycles. The number of carbonyl (C=O) groups excluding carboxylic acids is 1. The second kappa shape index (κ2) is 3.98. The van der Waals surface area contributed by atoms with Crippen LogP contribution in [0.1, 0.15) is 32.3 Å². The van der Waals surface area contributed by atoms with E-state index < -0.39 is 0 Å². The summed E-state index contributed by atoms with van der Waals surface area (Å²) in [4.78, 5) is 15.2. The molecule has 2 heteroatoms. The lowest BCUT2D eigenvalue weighted by Gasteiger charge is -2.34. The summed E-state index contributed by atoms with van der Waals surface area (Å²) in [7, 11) is 0. The van der Waals surface area contributed by atoms with Crippen LogP contribution in [-0.4, -0.2) is 5.78 Å². The summed E-state index contributed by atoms with van der Waals surface area (Å²) in [6.45, 7) is 4.38. The molecule has 1 nitrogen and oxygen atoms in total. The normalized spacial score (nSPS) is 20.2. The van der Waals surface area contributed by atoms with Gasteiger partial charge in [-0.05, 0) is 28.9 Å². The Morgan fingerprint density at radius 1 is 1.05 bits per heavy atom. The zero-order chi connectivity index (χ0) is 13.9. The maximum Gasteiger partial charge on any atom is 0.164 e. The van der Waals surface area contributed by atoms with Crippen LogP contribution < -0.4 is 0 Å². The summed E-state index contributed by atoms with van der Waals surface area (Å²) in [5.41, 5.74) is 2.22. The number of carbonyl (C=O) groups is 1. The van der Waals surface area contributed by atoms with Crippen molar-refractivity contribution >= 4 is 33.9 Å². The molecule has 1 aliphatic heterocycles. The Kier molecular flexibility index (Phi) is 2.43. The molecule has 0 bridgehead atoms. The molecule has 20 heavy (non-hydrogen) atoms. The standard InChI is InChI=1S/C18H16OS/c1-18(2)9-13(19)17-12-7-3-5-11-6-4-8-14(16(11)12)20-15(17)10-18/h3-8H,9-10H2,1-2H3. The van der Waals surface area contributed by atoms with E-state index >= 15 is 0 Å². The summed E-state index contributed by atoms with van der Waals surface area (Å²) >= 11 is 1.80. The lowest BCUT2D eigenvalue weighted by molar-refractivity contribution is -0.115. The molecule has 4 rings (SSSR count). The number of hydrogen-bond acceptors (Lipinski definition) is 2. The Labute approximate surface area is 123 Å². The number of thioether (sulfide) groups is 1. The van der Waals surface area contributed by atoms with E-state index in [-0.39, 0.29) is 5.41 Å². The molecular formula is C18H16OS. The largest absolute Gasteiger partial charge is 0.294 e. The van der Waals surface area contributed by atoms with E-state index in [1.807, 2.05) is 0 Å². The molecule has 2 aromatic rings. The highest BCUT2D eigenvalue weighted by Crippen LogP contribution is 2.52. The van der Waals surface area contributed by atoms with Crippen LogP contribution >= 0.6 is 11.8 Å². The van der Waals surface area contributed by atoms with Gasteiger partial charge in [0.15, 0.2) is 5.78 Å². The molecule has 0 saturated heterocycles. The van der Waals surface area contributed by atoms with Crippen molar-refractivity contribution in [3.8, 4) is 0 Å². The fourth-order valence-electron chi connectivity index (χ4n) is 3.38. The van der Waals surface area contributed by atoms with Gasteiger partial charge in [-0.25, -0.2) is 0 Å². The first-order valence-electron chi connectivity index (χ1n) is 7.01. The van der Waals surface area contributed by atoms with Crippen molar-refractivity contribution in [2.75, 3.05) is 0 Å². The van der Waals surface area contributed by atoms with Crippen LogP contribution in [-0.2, 0) is 4.79 Å².